The van der Waals surface area contributed by atoms with Crippen molar-refractivity contribution < 1.29 is 4.74 Å². The smallest absolute Gasteiger partial charge is 0.122 e. The number of hydrogen-bond donors (Lipinski definition) is 0. The lowest BCUT2D eigenvalue weighted by Gasteiger charge is -2.39. The minimum Gasteiger partial charge on any atom is -0.489 e. The maximum Gasteiger partial charge on any atom is 0.122 e. The van der Waals surface area contributed by atoms with Crippen molar-refractivity contribution in [3.05, 3.63) is 68.9 Å². The van der Waals surface area contributed by atoms with E-state index in [0.717, 1.165) is 6.42 Å². The number of rotatable bonds is 15. The molecule has 0 spiro atoms. The van der Waals surface area contributed by atoms with Crippen LogP contribution in [0.15, 0.2) is 36.9 Å². The van der Waals surface area contributed by atoms with E-state index in [4.69, 9.17) is 4.74 Å². The Morgan fingerprint density at radius 1 is 0.816 bits per heavy atom. The monoisotopic (exact) mass is 564 g/mol. The zero-order valence-electron chi connectivity index (χ0n) is 24.7. The highest BCUT2D eigenvalue weighted by Crippen LogP contribution is 2.57. The summed E-state index contributed by atoms with van der Waals surface area (Å²) in [6.07, 6.45) is 11.8. The third-order valence-electron chi connectivity index (χ3n) is 8.64. The maximum absolute atomic E-state index is 6.71. The van der Waals surface area contributed by atoms with Crippen LogP contribution < -0.4 is 9.92 Å². The molecule has 0 bridgehead atoms. The second-order valence-electron chi connectivity index (χ2n) is 11.2. The summed E-state index contributed by atoms with van der Waals surface area (Å²) in [5.41, 5.74) is 6.72. The minimum atomic E-state index is -2.06. The highest BCUT2D eigenvalue weighted by Gasteiger charge is 2.49. The zero-order chi connectivity index (χ0) is 27.3. The summed E-state index contributed by atoms with van der Waals surface area (Å²) in [6.45, 7) is 18.7. The van der Waals surface area contributed by atoms with Gasteiger partial charge in [-0.05, 0) is 79.1 Å². The molecule has 3 aromatic rings. The van der Waals surface area contributed by atoms with Crippen LogP contribution in [0.5, 0.6) is 5.75 Å². The molecule has 206 valence electrons. The standard InChI is InChI=1S/C34H48OS2Si/c1-8-13-15-17-26-22-27(18-16-14-9-2)31(35-19-10-3)30(23-26)38(11-4,12-5)34-28-20-24(6)36-32(28)33-29(34)21-25(7)37-33/h10,20-23,34H,3,8-9,11-19H2,1-2,4-7H3. The molecule has 4 rings (SSSR count). The van der Waals surface area contributed by atoms with Crippen LogP contribution in [-0.2, 0) is 12.8 Å². The van der Waals surface area contributed by atoms with Gasteiger partial charge in [0.05, 0.1) is 0 Å². The quantitative estimate of drug-likeness (QED) is 0.101. The van der Waals surface area contributed by atoms with Crippen molar-refractivity contribution in [2.75, 3.05) is 6.61 Å². The third-order valence-corrected chi connectivity index (χ3v) is 16.6. The Morgan fingerprint density at radius 2 is 1.39 bits per heavy atom. The van der Waals surface area contributed by atoms with Crippen LogP contribution in [0.25, 0.3) is 9.75 Å². The van der Waals surface area contributed by atoms with Gasteiger partial charge < -0.3 is 4.74 Å². The van der Waals surface area contributed by atoms with Gasteiger partial charge in [-0.15, -0.1) is 22.7 Å². The molecule has 1 aliphatic carbocycles. The molecular formula is C34H48OS2Si. The molecule has 0 saturated heterocycles. The SMILES string of the molecule is C=CCOc1c(CCCCC)cc(CCCCC)cc1[Si](CC)(CC)C1c2cc(C)sc2-c2sc(C)cc21. The Morgan fingerprint density at radius 3 is 1.92 bits per heavy atom. The van der Waals surface area contributed by atoms with Gasteiger partial charge in [0.25, 0.3) is 0 Å². The average molecular weight is 565 g/mol. The first-order valence-corrected chi connectivity index (χ1v) is 19.2. The lowest BCUT2D eigenvalue weighted by Crippen LogP contribution is -2.53. The van der Waals surface area contributed by atoms with Crippen LogP contribution in [0, 0.1) is 13.8 Å². The van der Waals surface area contributed by atoms with Crippen molar-refractivity contribution in [3.8, 4) is 15.5 Å². The molecule has 1 nitrogen and oxygen atoms in total. The van der Waals surface area contributed by atoms with E-state index in [1.54, 1.807) is 26.1 Å². The zero-order valence-corrected chi connectivity index (χ0v) is 27.3. The predicted octanol–water partition coefficient (Wildman–Crippen LogP) is 10.5. The van der Waals surface area contributed by atoms with Gasteiger partial charge in [-0.1, -0.05) is 90.3 Å². The molecule has 38 heavy (non-hydrogen) atoms. The predicted molar refractivity (Wildman–Crippen MR) is 174 cm³/mol. The van der Waals surface area contributed by atoms with Crippen LogP contribution in [0.1, 0.15) is 104 Å². The van der Waals surface area contributed by atoms with Gasteiger partial charge in [-0.2, -0.15) is 0 Å². The molecule has 0 amide bonds. The van der Waals surface area contributed by atoms with E-state index in [2.05, 4.69) is 72.4 Å². The molecule has 0 saturated carbocycles. The molecule has 2 aromatic heterocycles. The molecule has 0 fully saturated rings. The van der Waals surface area contributed by atoms with E-state index in [0.29, 0.717) is 12.1 Å². The third kappa shape index (κ3) is 5.64. The summed E-state index contributed by atoms with van der Waals surface area (Å²) in [4.78, 5) is 6.00. The first kappa shape index (κ1) is 29.4. The maximum atomic E-state index is 6.71. The Bertz CT molecular complexity index is 1180. The summed E-state index contributed by atoms with van der Waals surface area (Å²) in [7, 11) is -2.06. The van der Waals surface area contributed by atoms with Crippen molar-refractivity contribution in [2.24, 2.45) is 0 Å². The topological polar surface area (TPSA) is 9.23 Å². The lowest BCUT2D eigenvalue weighted by atomic mass is 10.00. The molecule has 0 N–H and O–H groups in total. The Kier molecular flexibility index (Phi) is 10.2. The van der Waals surface area contributed by atoms with Gasteiger partial charge in [-0.25, -0.2) is 0 Å². The second-order valence-corrected chi connectivity index (χ2v) is 18.6. The summed E-state index contributed by atoms with van der Waals surface area (Å²) in [5, 5.41) is 1.58. The van der Waals surface area contributed by atoms with Crippen molar-refractivity contribution in [3.63, 3.8) is 0 Å². The van der Waals surface area contributed by atoms with Gasteiger partial charge >= 0.3 is 0 Å². The summed E-state index contributed by atoms with van der Waals surface area (Å²) in [5.74, 6) is 1.21. The van der Waals surface area contributed by atoms with E-state index in [-0.39, 0.29) is 0 Å². The Labute approximate surface area is 241 Å². The van der Waals surface area contributed by atoms with Gasteiger partial charge in [0.2, 0.25) is 0 Å². The van der Waals surface area contributed by atoms with Crippen molar-refractivity contribution in [2.45, 2.75) is 111 Å². The van der Waals surface area contributed by atoms with Crippen LogP contribution in [-0.4, -0.2) is 14.7 Å². The van der Waals surface area contributed by atoms with E-state index in [1.165, 1.54) is 83.7 Å². The van der Waals surface area contributed by atoms with Crippen molar-refractivity contribution in [1.82, 2.24) is 0 Å². The number of unbranched alkanes of at least 4 members (excludes halogenated alkanes) is 4. The first-order chi connectivity index (χ1) is 18.4. The molecule has 1 aliphatic rings. The Hall–Kier alpha value is -1.62. The van der Waals surface area contributed by atoms with E-state index in [1.807, 2.05) is 28.7 Å². The summed E-state index contributed by atoms with van der Waals surface area (Å²) >= 11 is 4.02. The summed E-state index contributed by atoms with van der Waals surface area (Å²) in [6, 6.07) is 12.6. The highest BCUT2D eigenvalue weighted by atomic mass is 32.1. The van der Waals surface area contributed by atoms with E-state index >= 15 is 0 Å². The summed E-state index contributed by atoms with van der Waals surface area (Å²) < 4.78 is 6.71. The van der Waals surface area contributed by atoms with E-state index in [9.17, 15) is 0 Å². The fraction of sp³-hybridized carbons (Fsp3) is 0.529. The van der Waals surface area contributed by atoms with Crippen LogP contribution in [0.2, 0.25) is 12.1 Å². The van der Waals surface area contributed by atoms with Crippen LogP contribution in [0.3, 0.4) is 0 Å². The van der Waals surface area contributed by atoms with Gasteiger partial charge in [-0.3, -0.25) is 0 Å². The lowest BCUT2D eigenvalue weighted by molar-refractivity contribution is 0.361. The fourth-order valence-electron chi connectivity index (χ4n) is 6.72. The van der Waals surface area contributed by atoms with E-state index < -0.39 is 8.07 Å². The molecule has 0 atom stereocenters. The largest absolute Gasteiger partial charge is 0.489 e. The van der Waals surface area contributed by atoms with Crippen LogP contribution in [0.4, 0.5) is 0 Å². The van der Waals surface area contributed by atoms with Crippen molar-refractivity contribution in [1.29, 1.82) is 0 Å². The molecule has 1 aromatic carbocycles. The minimum absolute atomic E-state index is 0.512. The molecule has 0 radical (unpaired) electrons. The normalized spacial score (nSPS) is 13.1. The fourth-order valence-corrected chi connectivity index (χ4v) is 14.4. The first-order valence-electron chi connectivity index (χ1n) is 15.0. The number of aryl methyl sites for hydroxylation is 4. The van der Waals surface area contributed by atoms with Crippen LogP contribution >= 0.6 is 22.7 Å². The van der Waals surface area contributed by atoms with Gasteiger partial charge in [0, 0.05) is 25.0 Å². The molecule has 2 heterocycles. The highest BCUT2D eigenvalue weighted by molar-refractivity contribution is 7.23. The van der Waals surface area contributed by atoms with Gasteiger partial charge in [0.15, 0.2) is 0 Å². The molecule has 0 aliphatic heterocycles. The number of ether oxygens (including phenoxy) is 1. The number of benzene rings is 1. The molecular weight excluding hydrogens is 517 g/mol. The number of fused-ring (bicyclic) bond motifs is 3. The molecule has 0 unspecified atom stereocenters. The number of hydrogen-bond acceptors (Lipinski definition) is 3. The van der Waals surface area contributed by atoms with Gasteiger partial charge in [0.1, 0.15) is 20.4 Å². The molecule has 4 heteroatoms. The van der Waals surface area contributed by atoms with Crippen molar-refractivity contribution >= 4 is 35.9 Å². The number of thiophene rings is 2. The Balaban J connectivity index is 1.95. The second kappa shape index (κ2) is 13.2. The average Bonchev–Trinajstić information content (AvgIpc) is 3.55.